The highest BCUT2D eigenvalue weighted by atomic mass is 16.5. The predicted molar refractivity (Wildman–Crippen MR) is 69.2 cm³/mol. The molecular formula is C14H19NO2. The summed E-state index contributed by atoms with van der Waals surface area (Å²) in [6, 6.07) is 5.60. The molecule has 0 saturated heterocycles. The number of terminal acetylenes is 1. The van der Waals surface area contributed by atoms with E-state index in [0.29, 0.717) is 6.61 Å². The molecule has 0 saturated carbocycles. The Morgan fingerprint density at radius 3 is 2.82 bits per heavy atom. The number of hydrogen-bond acceptors (Lipinski definition) is 3. The molecule has 0 spiro atoms. The van der Waals surface area contributed by atoms with Gasteiger partial charge in [0.15, 0.2) is 0 Å². The first-order valence-electron chi connectivity index (χ1n) is 5.68. The van der Waals surface area contributed by atoms with Crippen molar-refractivity contribution in [2.24, 2.45) is 5.73 Å². The van der Waals surface area contributed by atoms with Gasteiger partial charge < -0.3 is 15.2 Å². The quantitative estimate of drug-likeness (QED) is 0.606. The lowest BCUT2D eigenvalue weighted by Gasteiger charge is -2.15. The molecule has 3 heteroatoms. The molecule has 0 unspecified atom stereocenters. The van der Waals surface area contributed by atoms with Crippen molar-refractivity contribution in [1.82, 2.24) is 0 Å². The van der Waals surface area contributed by atoms with Crippen LogP contribution in [-0.4, -0.2) is 13.7 Å². The van der Waals surface area contributed by atoms with Crippen LogP contribution in [0.1, 0.15) is 31.4 Å². The number of unbranched alkanes of at least 4 members (excludes halogenated alkanes) is 1. The molecule has 0 aliphatic rings. The van der Waals surface area contributed by atoms with E-state index in [1.54, 1.807) is 7.11 Å². The van der Waals surface area contributed by atoms with Crippen LogP contribution in [0.4, 0.5) is 0 Å². The maximum Gasteiger partial charge on any atom is 0.127 e. The molecule has 1 atom stereocenters. The third kappa shape index (κ3) is 4.01. The topological polar surface area (TPSA) is 44.5 Å². The molecule has 0 radical (unpaired) electrons. The summed E-state index contributed by atoms with van der Waals surface area (Å²) in [5, 5.41) is 0. The molecule has 3 nitrogen and oxygen atoms in total. The molecule has 0 aliphatic carbocycles. The number of nitrogens with two attached hydrogens (primary N) is 1. The summed E-state index contributed by atoms with van der Waals surface area (Å²) in [5.41, 5.74) is 6.86. The normalized spacial score (nSPS) is 11.6. The van der Waals surface area contributed by atoms with Gasteiger partial charge in [-0.15, -0.1) is 12.3 Å². The van der Waals surface area contributed by atoms with Crippen LogP contribution in [-0.2, 0) is 0 Å². The van der Waals surface area contributed by atoms with Crippen LogP contribution < -0.4 is 15.2 Å². The summed E-state index contributed by atoms with van der Waals surface area (Å²) in [7, 11) is 1.63. The summed E-state index contributed by atoms with van der Waals surface area (Å²) < 4.78 is 10.9. The van der Waals surface area contributed by atoms with Crippen molar-refractivity contribution < 1.29 is 9.47 Å². The lowest BCUT2D eigenvalue weighted by Crippen LogP contribution is -2.08. The van der Waals surface area contributed by atoms with Crippen LogP contribution in [0.15, 0.2) is 18.2 Å². The first kappa shape index (κ1) is 13.4. The minimum absolute atomic E-state index is 0.0662. The fraction of sp³-hybridized carbons (Fsp3) is 0.429. The number of methoxy groups -OCH3 is 1. The van der Waals surface area contributed by atoms with Crippen molar-refractivity contribution in [2.45, 2.75) is 25.8 Å². The highest BCUT2D eigenvalue weighted by Crippen LogP contribution is 2.28. The van der Waals surface area contributed by atoms with E-state index in [9.17, 15) is 0 Å². The Bertz CT molecular complexity index is 394. The fourth-order valence-electron chi connectivity index (χ4n) is 1.50. The molecule has 0 aliphatic heterocycles. The lowest BCUT2D eigenvalue weighted by molar-refractivity contribution is 0.305. The SMILES string of the molecule is C#CCCCOc1cc(OC)ccc1[C@@H](C)N. The van der Waals surface area contributed by atoms with Crippen LogP contribution in [0, 0.1) is 12.3 Å². The molecule has 1 aromatic carbocycles. The first-order chi connectivity index (χ1) is 8.19. The van der Waals surface area contributed by atoms with Gasteiger partial charge in [0.1, 0.15) is 11.5 Å². The van der Waals surface area contributed by atoms with Crippen LogP contribution >= 0.6 is 0 Å². The molecule has 0 amide bonds. The Balaban J connectivity index is 2.75. The lowest BCUT2D eigenvalue weighted by atomic mass is 10.1. The van der Waals surface area contributed by atoms with Gasteiger partial charge in [-0.25, -0.2) is 0 Å². The van der Waals surface area contributed by atoms with Crippen molar-refractivity contribution in [3.05, 3.63) is 23.8 Å². The molecule has 0 bridgehead atoms. The highest BCUT2D eigenvalue weighted by Gasteiger charge is 2.09. The summed E-state index contributed by atoms with van der Waals surface area (Å²) in [4.78, 5) is 0. The van der Waals surface area contributed by atoms with Crippen molar-refractivity contribution in [2.75, 3.05) is 13.7 Å². The number of ether oxygens (including phenoxy) is 2. The maximum absolute atomic E-state index is 5.88. The van der Waals surface area contributed by atoms with E-state index in [1.165, 1.54) is 0 Å². The molecule has 0 heterocycles. The van der Waals surface area contributed by atoms with Gasteiger partial charge in [-0.3, -0.25) is 0 Å². The molecule has 0 aromatic heterocycles. The van der Waals surface area contributed by atoms with Crippen molar-refractivity contribution in [1.29, 1.82) is 0 Å². The largest absolute Gasteiger partial charge is 0.497 e. The van der Waals surface area contributed by atoms with Gasteiger partial charge >= 0.3 is 0 Å². The van der Waals surface area contributed by atoms with Gasteiger partial charge in [0, 0.05) is 24.1 Å². The van der Waals surface area contributed by atoms with E-state index >= 15 is 0 Å². The Labute approximate surface area is 103 Å². The standard InChI is InChI=1S/C14H19NO2/c1-4-5-6-9-17-14-10-12(16-3)7-8-13(14)11(2)15/h1,7-8,10-11H,5-6,9,15H2,2-3H3/t11-/m1/s1. The summed E-state index contributed by atoms with van der Waals surface area (Å²) >= 11 is 0. The number of rotatable bonds is 6. The molecule has 1 rings (SSSR count). The summed E-state index contributed by atoms with van der Waals surface area (Å²) in [6.07, 6.45) is 6.75. The van der Waals surface area contributed by atoms with Gasteiger partial charge in [-0.2, -0.15) is 0 Å². The Morgan fingerprint density at radius 1 is 1.47 bits per heavy atom. The van der Waals surface area contributed by atoms with E-state index in [0.717, 1.165) is 29.9 Å². The zero-order valence-electron chi connectivity index (χ0n) is 10.4. The van der Waals surface area contributed by atoms with Gasteiger partial charge in [0.05, 0.1) is 13.7 Å². The molecule has 2 N–H and O–H groups in total. The predicted octanol–water partition coefficient (Wildman–Crippen LogP) is 2.51. The van der Waals surface area contributed by atoms with E-state index in [-0.39, 0.29) is 6.04 Å². The smallest absolute Gasteiger partial charge is 0.127 e. The Kier molecular flexibility index (Phi) is 5.38. The zero-order chi connectivity index (χ0) is 12.7. The molecular weight excluding hydrogens is 214 g/mol. The van der Waals surface area contributed by atoms with Gasteiger partial charge in [0.25, 0.3) is 0 Å². The van der Waals surface area contributed by atoms with E-state index < -0.39 is 0 Å². The average Bonchev–Trinajstić information content (AvgIpc) is 2.34. The van der Waals surface area contributed by atoms with Crippen LogP contribution in [0.3, 0.4) is 0 Å². The third-order valence-corrected chi connectivity index (χ3v) is 2.43. The number of hydrogen-bond donors (Lipinski definition) is 1. The second-order valence-electron chi connectivity index (χ2n) is 3.85. The van der Waals surface area contributed by atoms with Gasteiger partial charge in [-0.05, 0) is 19.4 Å². The van der Waals surface area contributed by atoms with Crippen molar-refractivity contribution in [3.8, 4) is 23.8 Å². The Hall–Kier alpha value is -1.66. The number of benzene rings is 1. The minimum Gasteiger partial charge on any atom is -0.497 e. The summed E-state index contributed by atoms with van der Waals surface area (Å²) in [5.74, 6) is 4.12. The molecule has 0 fully saturated rings. The maximum atomic E-state index is 5.88. The van der Waals surface area contributed by atoms with Crippen LogP contribution in [0.25, 0.3) is 0 Å². The van der Waals surface area contributed by atoms with Gasteiger partial charge in [0.2, 0.25) is 0 Å². The van der Waals surface area contributed by atoms with Gasteiger partial charge in [-0.1, -0.05) is 6.07 Å². The monoisotopic (exact) mass is 233 g/mol. The summed E-state index contributed by atoms with van der Waals surface area (Å²) in [6.45, 7) is 2.52. The zero-order valence-corrected chi connectivity index (χ0v) is 10.4. The second-order valence-corrected chi connectivity index (χ2v) is 3.85. The second kappa shape index (κ2) is 6.82. The third-order valence-electron chi connectivity index (χ3n) is 2.43. The average molecular weight is 233 g/mol. The highest BCUT2D eigenvalue weighted by molar-refractivity contribution is 5.42. The van der Waals surface area contributed by atoms with E-state index in [4.69, 9.17) is 21.6 Å². The van der Waals surface area contributed by atoms with Crippen molar-refractivity contribution >= 4 is 0 Å². The van der Waals surface area contributed by atoms with Crippen molar-refractivity contribution in [3.63, 3.8) is 0 Å². The molecule has 17 heavy (non-hydrogen) atoms. The molecule has 92 valence electrons. The van der Waals surface area contributed by atoms with E-state index in [2.05, 4.69) is 5.92 Å². The Morgan fingerprint density at radius 2 is 2.24 bits per heavy atom. The first-order valence-corrected chi connectivity index (χ1v) is 5.68. The fourth-order valence-corrected chi connectivity index (χ4v) is 1.50. The van der Waals surface area contributed by atoms with E-state index in [1.807, 2.05) is 25.1 Å². The minimum atomic E-state index is -0.0662. The molecule has 1 aromatic rings. The van der Waals surface area contributed by atoms with Crippen LogP contribution in [0.5, 0.6) is 11.5 Å². The van der Waals surface area contributed by atoms with Crippen LogP contribution in [0.2, 0.25) is 0 Å².